The predicted molar refractivity (Wildman–Crippen MR) is 71.6 cm³/mol. The second kappa shape index (κ2) is 4.29. The highest BCUT2D eigenvalue weighted by molar-refractivity contribution is 5.99. The zero-order chi connectivity index (χ0) is 13.4. The summed E-state index contributed by atoms with van der Waals surface area (Å²) in [5.74, 6) is -0.264. The van der Waals surface area contributed by atoms with Gasteiger partial charge in [0.05, 0.1) is 0 Å². The number of nitrogens with zero attached hydrogens (tertiary/aromatic N) is 1. The minimum Gasteiger partial charge on any atom is -0.422 e. The summed E-state index contributed by atoms with van der Waals surface area (Å²) in [6.45, 7) is 3.14. The Kier molecular flexibility index (Phi) is 2.95. The number of rotatable bonds is 2. The van der Waals surface area contributed by atoms with Gasteiger partial charge in [-0.25, -0.2) is 4.79 Å². The molecule has 4 nitrogen and oxygen atoms in total. The summed E-state index contributed by atoms with van der Waals surface area (Å²) < 4.78 is 5.22. The van der Waals surface area contributed by atoms with Gasteiger partial charge in [-0.2, -0.15) is 0 Å². The van der Waals surface area contributed by atoms with Crippen LogP contribution in [0.1, 0.15) is 22.8 Å². The van der Waals surface area contributed by atoms with Gasteiger partial charge in [-0.15, -0.1) is 0 Å². The maximum Gasteiger partial charge on any atom is 0.347 e. The fraction of sp³-hybridized carbons (Fsp3) is 0.286. The van der Waals surface area contributed by atoms with E-state index in [9.17, 15) is 9.59 Å². The predicted octanol–water partition coefficient (Wildman–Crippen LogP) is 2.37. The number of benzene rings is 1. The van der Waals surface area contributed by atoms with Crippen molar-refractivity contribution in [1.82, 2.24) is 0 Å². The molecule has 1 aromatic heterocycles. The highest BCUT2D eigenvalue weighted by atomic mass is 16.4. The van der Waals surface area contributed by atoms with Gasteiger partial charge in [-0.1, -0.05) is 0 Å². The molecule has 0 spiro atoms. The average molecular weight is 245 g/mol. The van der Waals surface area contributed by atoms with Gasteiger partial charge in [0.15, 0.2) is 5.78 Å². The molecule has 18 heavy (non-hydrogen) atoms. The van der Waals surface area contributed by atoms with Crippen LogP contribution >= 0.6 is 0 Å². The molecule has 0 atom stereocenters. The Labute approximate surface area is 105 Å². The molecule has 0 N–H and O–H groups in total. The Morgan fingerprint density at radius 1 is 1.28 bits per heavy atom. The van der Waals surface area contributed by atoms with Gasteiger partial charge in [0.25, 0.3) is 0 Å². The van der Waals surface area contributed by atoms with Gasteiger partial charge >= 0.3 is 5.63 Å². The van der Waals surface area contributed by atoms with Crippen LogP contribution in [0.5, 0.6) is 0 Å². The van der Waals surface area contributed by atoms with Gasteiger partial charge in [0.2, 0.25) is 0 Å². The van der Waals surface area contributed by atoms with Gasteiger partial charge in [-0.05, 0) is 31.5 Å². The fourth-order valence-corrected chi connectivity index (χ4v) is 2.03. The topological polar surface area (TPSA) is 50.5 Å². The van der Waals surface area contributed by atoms with Crippen LogP contribution in [0.25, 0.3) is 11.0 Å². The van der Waals surface area contributed by atoms with Crippen LogP contribution in [0, 0.1) is 6.92 Å². The van der Waals surface area contributed by atoms with Crippen molar-refractivity contribution >= 4 is 22.4 Å². The van der Waals surface area contributed by atoms with Crippen molar-refractivity contribution < 1.29 is 9.21 Å². The number of hydrogen-bond acceptors (Lipinski definition) is 4. The molecular weight excluding hydrogens is 230 g/mol. The molecule has 4 heteroatoms. The lowest BCUT2D eigenvalue weighted by Crippen LogP contribution is -2.14. The summed E-state index contributed by atoms with van der Waals surface area (Å²) in [6, 6.07) is 5.60. The van der Waals surface area contributed by atoms with Crippen molar-refractivity contribution in [3.63, 3.8) is 0 Å². The Hall–Kier alpha value is -2.10. The summed E-state index contributed by atoms with van der Waals surface area (Å²) in [7, 11) is 3.83. The minimum absolute atomic E-state index is 0.139. The van der Waals surface area contributed by atoms with Crippen molar-refractivity contribution in [2.24, 2.45) is 0 Å². The van der Waals surface area contributed by atoms with Crippen molar-refractivity contribution in [2.75, 3.05) is 19.0 Å². The van der Waals surface area contributed by atoms with E-state index in [1.54, 1.807) is 13.0 Å². The molecule has 2 rings (SSSR count). The third kappa shape index (κ3) is 1.90. The van der Waals surface area contributed by atoms with E-state index in [0.29, 0.717) is 11.1 Å². The monoisotopic (exact) mass is 245 g/mol. The van der Waals surface area contributed by atoms with Crippen molar-refractivity contribution in [2.45, 2.75) is 13.8 Å². The maximum absolute atomic E-state index is 11.8. The maximum atomic E-state index is 11.8. The lowest BCUT2D eigenvalue weighted by molar-refractivity contribution is 0.101. The zero-order valence-electron chi connectivity index (χ0n) is 10.9. The van der Waals surface area contributed by atoms with Crippen molar-refractivity contribution in [3.8, 4) is 0 Å². The zero-order valence-corrected chi connectivity index (χ0v) is 10.9. The molecule has 0 fully saturated rings. The van der Waals surface area contributed by atoms with Crippen LogP contribution in [0.3, 0.4) is 0 Å². The molecule has 1 aromatic carbocycles. The van der Waals surface area contributed by atoms with Gasteiger partial charge < -0.3 is 9.32 Å². The molecule has 1 heterocycles. The molecule has 0 aliphatic heterocycles. The molecule has 0 aliphatic carbocycles. The van der Waals surface area contributed by atoms with Crippen molar-refractivity contribution in [3.05, 3.63) is 39.7 Å². The Bertz CT molecular complexity index is 683. The number of Topliss-reactive ketones (excluding diaryl/α,β-unsaturated/α-hetero) is 1. The first-order valence-corrected chi connectivity index (χ1v) is 5.67. The number of ketones is 1. The van der Waals surface area contributed by atoms with Crippen LogP contribution in [-0.4, -0.2) is 19.9 Å². The second-order valence-electron chi connectivity index (χ2n) is 4.52. The first-order chi connectivity index (χ1) is 8.41. The van der Waals surface area contributed by atoms with E-state index in [0.717, 1.165) is 11.1 Å². The molecular formula is C14H15NO3. The number of anilines is 1. The first kappa shape index (κ1) is 12.4. The van der Waals surface area contributed by atoms with Gasteiger partial charge in [0, 0.05) is 31.2 Å². The summed E-state index contributed by atoms with van der Waals surface area (Å²) >= 11 is 0. The minimum atomic E-state index is -0.566. The lowest BCUT2D eigenvalue weighted by atomic mass is 10.0. The van der Waals surface area contributed by atoms with Crippen molar-refractivity contribution in [1.29, 1.82) is 0 Å². The van der Waals surface area contributed by atoms with E-state index in [-0.39, 0.29) is 11.3 Å². The Morgan fingerprint density at radius 3 is 2.50 bits per heavy atom. The highest BCUT2D eigenvalue weighted by Gasteiger charge is 2.15. The Balaban J connectivity index is 2.82. The SMILES string of the molecule is CC(=O)c1c(C)c2ccc(N(C)C)cc2oc1=O. The van der Waals surface area contributed by atoms with Crippen LogP contribution < -0.4 is 10.5 Å². The lowest BCUT2D eigenvalue weighted by Gasteiger charge is -2.13. The quantitative estimate of drug-likeness (QED) is 0.602. The molecule has 0 saturated carbocycles. The third-order valence-corrected chi connectivity index (χ3v) is 3.02. The molecule has 0 amide bonds. The molecule has 94 valence electrons. The van der Waals surface area contributed by atoms with E-state index in [1.807, 2.05) is 31.1 Å². The number of carbonyl (C=O) groups is 1. The molecule has 0 radical (unpaired) electrons. The number of aryl methyl sites for hydroxylation is 1. The van der Waals surface area contributed by atoms with Crippen LogP contribution in [0.2, 0.25) is 0 Å². The molecule has 0 saturated heterocycles. The fourth-order valence-electron chi connectivity index (χ4n) is 2.03. The number of fused-ring (bicyclic) bond motifs is 1. The third-order valence-electron chi connectivity index (χ3n) is 3.02. The normalized spacial score (nSPS) is 10.7. The van der Waals surface area contributed by atoms with E-state index in [4.69, 9.17) is 4.42 Å². The van der Waals surface area contributed by atoms with Crippen LogP contribution in [-0.2, 0) is 0 Å². The number of hydrogen-bond donors (Lipinski definition) is 0. The van der Waals surface area contributed by atoms with Crippen LogP contribution in [0.4, 0.5) is 5.69 Å². The summed E-state index contributed by atoms with van der Waals surface area (Å²) in [5.41, 5.74) is 1.71. The average Bonchev–Trinajstić information content (AvgIpc) is 2.27. The van der Waals surface area contributed by atoms with E-state index >= 15 is 0 Å². The van der Waals surface area contributed by atoms with E-state index in [2.05, 4.69) is 0 Å². The first-order valence-electron chi connectivity index (χ1n) is 5.67. The highest BCUT2D eigenvalue weighted by Crippen LogP contribution is 2.24. The number of carbonyl (C=O) groups excluding carboxylic acids is 1. The Morgan fingerprint density at radius 2 is 1.94 bits per heavy atom. The van der Waals surface area contributed by atoms with E-state index < -0.39 is 5.63 Å². The molecule has 2 aromatic rings. The standard InChI is InChI=1S/C14H15NO3/c1-8-11-6-5-10(15(3)4)7-12(11)18-14(17)13(8)9(2)16/h5-7H,1-4H3. The summed E-state index contributed by atoms with van der Waals surface area (Å²) in [5, 5.41) is 0.797. The molecule has 0 bridgehead atoms. The summed E-state index contributed by atoms with van der Waals surface area (Å²) in [4.78, 5) is 25.1. The van der Waals surface area contributed by atoms with E-state index in [1.165, 1.54) is 6.92 Å². The largest absolute Gasteiger partial charge is 0.422 e. The summed E-state index contributed by atoms with van der Waals surface area (Å²) in [6.07, 6.45) is 0. The smallest absolute Gasteiger partial charge is 0.347 e. The van der Waals surface area contributed by atoms with Gasteiger partial charge in [0.1, 0.15) is 11.1 Å². The van der Waals surface area contributed by atoms with Crippen LogP contribution in [0.15, 0.2) is 27.4 Å². The van der Waals surface area contributed by atoms with Gasteiger partial charge in [-0.3, -0.25) is 4.79 Å². The molecule has 0 aliphatic rings. The molecule has 0 unspecified atom stereocenters. The second-order valence-corrected chi connectivity index (χ2v) is 4.52.